The predicted octanol–water partition coefficient (Wildman–Crippen LogP) is 0.950. The third-order valence-corrected chi connectivity index (χ3v) is 8.62. The highest BCUT2D eigenvalue weighted by molar-refractivity contribution is 7.66. The van der Waals surface area contributed by atoms with E-state index >= 15 is 0 Å². The number of hydrogen-bond acceptors (Lipinski definition) is 13. The van der Waals surface area contributed by atoms with Crippen LogP contribution in [0.4, 0.5) is 11.5 Å². The van der Waals surface area contributed by atoms with Gasteiger partial charge in [0.15, 0.2) is 0 Å². The fourth-order valence-corrected chi connectivity index (χ4v) is 6.57. The maximum atomic E-state index is 12.4. The van der Waals surface area contributed by atoms with Gasteiger partial charge in [-0.1, -0.05) is 12.1 Å². The van der Waals surface area contributed by atoms with E-state index in [0.29, 0.717) is 0 Å². The molecule has 5 atom stereocenters. The van der Waals surface area contributed by atoms with Crippen LogP contribution in [0.2, 0.25) is 0 Å². The zero-order chi connectivity index (χ0) is 28.3. The van der Waals surface area contributed by atoms with Gasteiger partial charge in [0.2, 0.25) is 0 Å². The molecule has 0 bridgehead atoms. The molecule has 38 heavy (non-hydrogen) atoms. The summed E-state index contributed by atoms with van der Waals surface area (Å²) < 4.78 is 59.3. The van der Waals surface area contributed by atoms with Crippen LogP contribution in [-0.4, -0.2) is 52.9 Å². The molecular weight excluding hydrogens is 581 g/mol. The number of anilines is 1. The van der Waals surface area contributed by atoms with Crippen LogP contribution in [0.3, 0.4) is 0 Å². The number of hydrogen-bond donors (Lipinski definition) is 5. The highest BCUT2D eigenvalue weighted by Crippen LogP contribution is 2.67. The average molecular weight is 602 g/mol. The Labute approximate surface area is 212 Å². The molecule has 0 radical (unpaired) electrons. The van der Waals surface area contributed by atoms with E-state index in [1.807, 2.05) is 0 Å². The van der Waals surface area contributed by atoms with E-state index in [0.717, 1.165) is 4.57 Å². The lowest BCUT2D eigenvalue weighted by molar-refractivity contribution is -0.386. The highest BCUT2D eigenvalue weighted by Gasteiger charge is 2.46. The van der Waals surface area contributed by atoms with E-state index < -0.39 is 59.1 Å². The number of phosphoric acid groups is 3. The Morgan fingerprint density at radius 1 is 1.13 bits per heavy atom. The molecule has 22 heteroatoms. The number of aromatic nitrogens is 2. The molecule has 210 valence electrons. The van der Waals surface area contributed by atoms with Crippen LogP contribution in [0.5, 0.6) is 0 Å². The number of benzene rings is 1. The van der Waals surface area contributed by atoms with Gasteiger partial charge in [-0.3, -0.25) is 19.2 Å². The first-order chi connectivity index (χ1) is 17.6. The van der Waals surface area contributed by atoms with Crippen molar-refractivity contribution >= 4 is 35.0 Å². The summed E-state index contributed by atoms with van der Waals surface area (Å²) in [4.78, 5) is 63.0. The van der Waals surface area contributed by atoms with Crippen LogP contribution >= 0.6 is 23.5 Å². The largest absolute Gasteiger partial charge is 0.490 e. The standard InChI is InChI=1S/C16H21N4O15P3/c17-14-5-6-19(16(21)18-14)15-7-12(33-37(27,28)35-38(29,30)34-36(24,25)26)13(32-15)9-31-8-10-3-1-2-4-11(10)20(22)23/h1-6,12-13,15H,7-9H2,(H,27,28)(H,29,30)(H2,17,18,21)(H2,24,25,26)/t12-,13+,15+/m0/s1. The van der Waals surface area contributed by atoms with Crippen molar-refractivity contribution in [3.8, 4) is 0 Å². The van der Waals surface area contributed by atoms with Gasteiger partial charge in [0, 0.05) is 18.7 Å². The molecule has 0 amide bonds. The fourth-order valence-electron chi connectivity index (χ4n) is 3.34. The monoisotopic (exact) mass is 602 g/mol. The summed E-state index contributed by atoms with van der Waals surface area (Å²) >= 11 is 0. The van der Waals surface area contributed by atoms with Crippen LogP contribution in [0.15, 0.2) is 41.3 Å². The van der Waals surface area contributed by atoms with Crippen LogP contribution in [-0.2, 0) is 42.9 Å². The number of nitro benzene ring substituents is 1. The van der Waals surface area contributed by atoms with Crippen LogP contribution < -0.4 is 11.4 Å². The number of nitrogens with two attached hydrogens (primary N) is 1. The van der Waals surface area contributed by atoms with Gasteiger partial charge in [0.05, 0.1) is 23.7 Å². The van der Waals surface area contributed by atoms with Gasteiger partial charge in [-0.05, 0) is 12.1 Å². The molecule has 2 unspecified atom stereocenters. The maximum absolute atomic E-state index is 12.4. The predicted molar refractivity (Wildman–Crippen MR) is 123 cm³/mol. The van der Waals surface area contributed by atoms with Gasteiger partial charge < -0.3 is 34.8 Å². The SMILES string of the molecule is Nc1ccn([C@H]2C[C@H](OP(=O)(O)OP(=O)(O)OP(=O)(O)O)[C@@H](COCc3ccccc3[N+](=O)[O-])O2)c(=O)n1. The minimum absolute atomic E-state index is 0.0987. The minimum atomic E-state index is -5.79. The summed E-state index contributed by atoms with van der Waals surface area (Å²) in [6, 6.07) is 6.93. The quantitative estimate of drug-likeness (QED) is 0.128. The topological polar surface area (TPSA) is 282 Å². The number of nitrogen functional groups attached to an aromatic ring is 1. The summed E-state index contributed by atoms with van der Waals surface area (Å²) in [5, 5.41) is 11.2. The van der Waals surface area contributed by atoms with Crippen LogP contribution in [0.1, 0.15) is 18.2 Å². The molecule has 1 aromatic heterocycles. The lowest BCUT2D eigenvalue weighted by Gasteiger charge is -2.22. The van der Waals surface area contributed by atoms with Gasteiger partial charge in [0.1, 0.15) is 24.3 Å². The van der Waals surface area contributed by atoms with Gasteiger partial charge in [-0.25, -0.2) is 18.5 Å². The van der Waals surface area contributed by atoms with Gasteiger partial charge in [-0.2, -0.15) is 13.6 Å². The van der Waals surface area contributed by atoms with Crippen molar-refractivity contribution in [1.82, 2.24) is 9.55 Å². The number of nitrogens with zero attached hydrogens (tertiary/aromatic N) is 3. The Balaban J connectivity index is 1.78. The lowest BCUT2D eigenvalue weighted by atomic mass is 10.2. The molecule has 1 saturated heterocycles. The third-order valence-electron chi connectivity index (χ3n) is 4.75. The molecule has 1 aliphatic heterocycles. The Kier molecular flexibility index (Phi) is 9.36. The first-order valence-electron chi connectivity index (χ1n) is 10.2. The second kappa shape index (κ2) is 11.8. The molecule has 1 aromatic carbocycles. The van der Waals surface area contributed by atoms with Crippen molar-refractivity contribution in [3.05, 3.63) is 62.7 Å². The summed E-state index contributed by atoms with van der Waals surface area (Å²) in [7, 11) is -17.0. The maximum Gasteiger partial charge on any atom is 0.490 e. The molecule has 6 N–H and O–H groups in total. The summed E-state index contributed by atoms with van der Waals surface area (Å²) in [5.74, 6) is -0.0987. The molecule has 0 saturated carbocycles. The van der Waals surface area contributed by atoms with Crippen molar-refractivity contribution in [2.24, 2.45) is 0 Å². The molecule has 0 spiro atoms. The van der Waals surface area contributed by atoms with Crippen molar-refractivity contribution in [3.63, 3.8) is 0 Å². The molecular formula is C16H21N4O15P3. The van der Waals surface area contributed by atoms with E-state index in [1.54, 1.807) is 0 Å². The van der Waals surface area contributed by atoms with Crippen molar-refractivity contribution in [1.29, 1.82) is 0 Å². The van der Waals surface area contributed by atoms with Crippen molar-refractivity contribution in [2.75, 3.05) is 12.3 Å². The van der Waals surface area contributed by atoms with Crippen LogP contribution in [0, 0.1) is 10.1 Å². The normalized spacial score (nSPS) is 23.0. The highest BCUT2D eigenvalue weighted by atomic mass is 31.3. The Bertz CT molecular complexity index is 1380. The number of ether oxygens (including phenoxy) is 2. The summed E-state index contributed by atoms with van der Waals surface area (Å²) in [5.41, 5.74) is 4.56. The molecule has 19 nitrogen and oxygen atoms in total. The Morgan fingerprint density at radius 2 is 1.82 bits per heavy atom. The number of rotatable bonds is 12. The van der Waals surface area contributed by atoms with Gasteiger partial charge in [-0.15, -0.1) is 0 Å². The van der Waals surface area contributed by atoms with E-state index in [4.69, 9.17) is 29.5 Å². The van der Waals surface area contributed by atoms with E-state index in [-0.39, 0.29) is 30.1 Å². The second-order valence-corrected chi connectivity index (χ2v) is 11.9. The van der Waals surface area contributed by atoms with Gasteiger partial charge in [0.25, 0.3) is 5.69 Å². The lowest BCUT2D eigenvalue weighted by Crippen LogP contribution is -2.29. The fraction of sp³-hybridized carbons (Fsp3) is 0.375. The third kappa shape index (κ3) is 8.57. The average Bonchev–Trinajstić information content (AvgIpc) is 3.12. The van der Waals surface area contributed by atoms with E-state index in [2.05, 4.69) is 13.6 Å². The van der Waals surface area contributed by atoms with Crippen molar-refractivity contribution < 1.29 is 60.8 Å². The Hall–Kier alpha value is -2.37. The second-order valence-electron chi connectivity index (χ2n) is 7.54. The molecule has 3 rings (SSSR count). The minimum Gasteiger partial charge on any atom is -0.383 e. The number of phosphoric ester groups is 1. The zero-order valence-corrected chi connectivity index (χ0v) is 21.5. The van der Waals surface area contributed by atoms with Crippen LogP contribution in [0.25, 0.3) is 0 Å². The molecule has 2 aromatic rings. The van der Waals surface area contributed by atoms with Gasteiger partial charge >= 0.3 is 29.2 Å². The smallest absolute Gasteiger partial charge is 0.383 e. The number of nitro groups is 1. The summed E-state index contributed by atoms with van der Waals surface area (Å²) in [6.07, 6.45) is -3.06. The Morgan fingerprint density at radius 3 is 2.45 bits per heavy atom. The van der Waals surface area contributed by atoms with E-state index in [1.165, 1.54) is 36.5 Å². The molecule has 1 fully saturated rings. The van der Waals surface area contributed by atoms with Crippen molar-refractivity contribution in [2.45, 2.75) is 31.5 Å². The summed E-state index contributed by atoms with van der Waals surface area (Å²) in [6.45, 7) is -0.729. The first kappa shape index (κ1) is 30.2. The molecule has 2 heterocycles. The molecule has 1 aliphatic rings. The number of para-hydroxylation sites is 1. The zero-order valence-electron chi connectivity index (χ0n) is 18.9. The first-order valence-corrected chi connectivity index (χ1v) is 14.7. The molecule has 0 aliphatic carbocycles. The van der Waals surface area contributed by atoms with E-state index in [9.17, 15) is 38.4 Å².